The highest BCUT2D eigenvalue weighted by molar-refractivity contribution is 9.10. The van der Waals surface area contributed by atoms with E-state index in [-0.39, 0.29) is 22.6 Å². The number of hydrogen-bond acceptors (Lipinski definition) is 1. The van der Waals surface area contributed by atoms with Gasteiger partial charge in [-0.3, -0.25) is 4.79 Å². The maximum absolute atomic E-state index is 13.5. The van der Waals surface area contributed by atoms with Crippen molar-refractivity contribution in [2.45, 2.75) is 6.42 Å². The van der Waals surface area contributed by atoms with E-state index in [0.29, 0.717) is 4.47 Å². The molecular formula is C14H8BrClF2O. The summed E-state index contributed by atoms with van der Waals surface area (Å²) in [7, 11) is 0. The lowest BCUT2D eigenvalue weighted by atomic mass is 10.0. The second kappa shape index (κ2) is 5.80. The van der Waals surface area contributed by atoms with Gasteiger partial charge >= 0.3 is 0 Å². The van der Waals surface area contributed by atoms with Crippen LogP contribution in [0.25, 0.3) is 0 Å². The Labute approximate surface area is 122 Å². The van der Waals surface area contributed by atoms with Gasteiger partial charge in [-0.1, -0.05) is 33.6 Å². The minimum atomic E-state index is -0.737. The first-order valence-corrected chi connectivity index (χ1v) is 6.57. The van der Waals surface area contributed by atoms with E-state index < -0.39 is 17.4 Å². The van der Waals surface area contributed by atoms with Crippen molar-refractivity contribution in [1.29, 1.82) is 0 Å². The van der Waals surface area contributed by atoms with Gasteiger partial charge < -0.3 is 0 Å². The summed E-state index contributed by atoms with van der Waals surface area (Å²) in [5, 5.41) is 0.255. The summed E-state index contributed by atoms with van der Waals surface area (Å²) in [4.78, 5) is 12.1. The van der Waals surface area contributed by atoms with Crippen LogP contribution in [0.1, 0.15) is 15.9 Å². The summed E-state index contributed by atoms with van der Waals surface area (Å²) in [5.41, 5.74) is -0.0118. The van der Waals surface area contributed by atoms with Crippen LogP contribution < -0.4 is 0 Å². The number of halogens is 4. The Morgan fingerprint density at radius 3 is 2.42 bits per heavy atom. The van der Waals surface area contributed by atoms with Gasteiger partial charge in [0.2, 0.25) is 0 Å². The van der Waals surface area contributed by atoms with Crippen molar-refractivity contribution in [1.82, 2.24) is 0 Å². The van der Waals surface area contributed by atoms with E-state index in [9.17, 15) is 13.6 Å². The quantitative estimate of drug-likeness (QED) is 0.730. The van der Waals surface area contributed by atoms with Gasteiger partial charge in [0.1, 0.15) is 11.6 Å². The fourth-order valence-electron chi connectivity index (χ4n) is 1.67. The Morgan fingerprint density at radius 1 is 1.16 bits per heavy atom. The lowest BCUT2D eigenvalue weighted by molar-refractivity contribution is 0.0990. The minimum absolute atomic E-state index is 0.235. The molecule has 98 valence electrons. The van der Waals surface area contributed by atoms with Gasteiger partial charge in [0, 0.05) is 22.0 Å². The van der Waals surface area contributed by atoms with Crippen LogP contribution in [0.15, 0.2) is 40.9 Å². The number of rotatable bonds is 3. The first kappa shape index (κ1) is 14.2. The van der Waals surface area contributed by atoms with Crippen molar-refractivity contribution in [3.05, 3.63) is 68.7 Å². The lowest BCUT2D eigenvalue weighted by Crippen LogP contribution is -2.08. The number of Topliss-reactive ketones (excluding diaryl/α,β-unsaturated/α-hetero) is 1. The van der Waals surface area contributed by atoms with Gasteiger partial charge in [-0.25, -0.2) is 8.78 Å². The fraction of sp³-hybridized carbons (Fsp3) is 0.0714. The van der Waals surface area contributed by atoms with Crippen molar-refractivity contribution in [3.8, 4) is 0 Å². The number of carbonyl (C=O) groups is 1. The van der Waals surface area contributed by atoms with Gasteiger partial charge in [0.15, 0.2) is 5.78 Å². The van der Waals surface area contributed by atoms with E-state index in [0.717, 1.165) is 12.1 Å². The van der Waals surface area contributed by atoms with E-state index in [1.807, 2.05) is 0 Å². The van der Waals surface area contributed by atoms with Crippen LogP contribution in [0.3, 0.4) is 0 Å². The van der Waals surface area contributed by atoms with Crippen molar-refractivity contribution < 1.29 is 13.6 Å². The third-order valence-electron chi connectivity index (χ3n) is 2.63. The summed E-state index contributed by atoms with van der Waals surface area (Å²) in [6, 6.07) is 8.26. The van der Waals surface area contributed by atoms with Crippen LogP contribution in [-0.2, 0) is 6.42 Å². The molecule has 0 bridgehead atoms. The normalized spacial score (nSPS) is 10.5. The molecule has 0 heterocycles. The predicted molar refractivity (Wildman–Crippen MR) is 73.5 cm³/mol. The molecule has 0 atom stereocenters. The van der Waals surface area contributed by atoms with E-state index in [4.69, 9.17) is 11.6 Å². The summed E-state index contributed by atoms with van der Waals surface area (Å²) < 4.78 is 27.6. The third-order valence-corrected chi connectivity index (χ3v) is 3.45. The smallest absolute Gasteiger partial charge is 0.168 e. The Bertz CT molecular complexity index is 623. The van der Waals surface area contributed by atoms with Gasteiger partial charge in [0.05, 0.1) is 5.02 Å². The average molecular weight is 346 g/mol. The molecule has 0 amide bonds. The molecule has 0 saturated carbocycles. The maximum atomic E-state index is 13.5. The topological polar surface area (TPSA) is 17.1 Å². The molecule has 0 saturated heterocycles. The van der Waals surface area contributed by atoms with Crippen molar-refractivity contribution in [2.75, 3.05) is 0 Å². The number of benzene rings is 2. The SMILES string of the molecule is O=C(Cc1c(F)cccc1F)c1cc(Br)ccc1Cl. The molecule has 0 unspecified atom stereocenters. The fourth-order valence-corrected chi connectivity index (χ4v) is 2.25. The largest absolute Gasteiger partial charge is 0.294 e. The molecule has 0 N–H and O–H groups in total. The van der Waals surface area contributed by atoms with Gasteiger partial charge in [-0.15, -0.1) is 0 Å². The monoisotopic (exact) mass is 344 g/mol. The van der Waals surface area contributed by atoms with Crippen molar-refractivity contribution in [3.63, 3.8) is 0 Å². The zero-order valence-electron chi connectivity index (χ0n) is 9.59. The van der Waals surface area contributed by atoms with Crippen LogP contribution in [0.5, 0.6) is 0 Å². The second-order valence-corrected chi connectivity index (χ2v) is 5.25. The lowest BCUT2D eigenvalue weighted by Gasteiger charge is -2.06. The molecule has 0 aliphatic rings. The molecular weight excluding hydrogens is 338 g/mol. The highest BCUT2D eigenvalue weighted by Crippen LogP contribution is 2.23. The standard InChI is InChI=1S/C14H8BrClF2O/c15-8-4-5-11(16)9(6-8)14(19)7-10-12(17)2-1-3-13(10)18/h1-6H,7H2. The number of hydrogen-bond donors (Lipinski definition) is 0. The van der Waals surface area contributed by atoms with Gasteiger partial charge in [-0.05, 0) is 30.3 Å². The Kier molecular flexibility index (Phi) is 4.32. The summed E-state index contributed by atoms with van der Waals surface area (Å²) in [6.45, 7) is 0. The van der Waals surface area contributed by atoms with Crippen LogP contribution >= 0.6 is 27.5 Å². The molecule has 0 aliphatic carbocycles. The van der Waals surface area contributed by atoms with Crippen LogP contribution in [-0.4, -0.2) is 5.78 Å². The summed E-state index contributed by atoms with van der Waals surface area (Å²) in [5.74, 6) is -1.91. The zero-order valence-corrected chi connectivity index (χ0v) is 11.9. The van der Waals surface area contributed by atoms with E-state index in [2.05, 4.69) is 15.9 Å². The highest BCUT2D eigenvalue weighted by Gasteiger charge is 2.16. The second-order valence-electron chi connectivity index (χ2n) is 3.92. The van der Waals surface area contributed by atoms with Crippen LogP contribution in [0, 0.1) is 11.6 Å². The van der Waals surface area contributed by atoms with Gasteiger partial charge in [-0.2, -0.15) is 0 Å². The van der Waals surface area contributed by atoms with Crippen LogP contribution in [0.2, 0.25) is 5.02 Å². The van der Waals surface area contributed by atoms with Gasteiger partial charge in [0.25, 0.3) is 0 Å². The summed E-state index contributed by atoms with van der Waals surface area (Å²) >= 11 is 9.13. The molecule has 5 heteroatoms. The molecule has 0 aromatic heterocycles. The molecule has 2 rings (SSSR count). The maximum Gasteiger partial charge on any atom is 0.168 e. The summed E-state index contributed by atoms with van der Waals surface area (Å²) in [6.07, 6.45) is -0.366. The predicted octanol–water partition coefficient (Wildman–Crippen LogP) is 4.81. The molecule has 0 radical (unpaired) electrons. The van der Waals surface area contributed by atoms with Crippen molar-refractivity contribution in [2.24, 2.45) is 0 Å². The Balaban J connectivity index is 2.34. The molecule has 0 spiro atoms. The minimum Gasteiger partial charge on any atom is -0.294 e. The number of ketones is 1. The molecule has 0 fully saturated rings. The van der Waals surface area contributed by atoms with E-state index in [1.54, 1.807) is 12.1 Å². The first-order chi connectivity index (χ1) is 8.99. The Hall–Kier alpha value is -1.26. The first-order valence-electron chi connectivity index (χ1n) is 5.40. The van der Waals surface area contributed by atoms with Crippen LogP contribution in [0.4, 0.5) is 8.78 Å². The molecule has 2 aromatic rings. The highest BCUT2D eigenvalue weighted by atomic mass is 79.9. The van der Waals surface area contributed by atoms with E-state index in [1.165, 1.54) is 12.1 Å². The van der Waals surface area contributed by atoms with E-state index >= 15 is 0 Å². The molecule has 0 aliphatic heterocycles. The third kappa shape index (κ3) is 3.19. The molecule has 2 aromatic carbocycles. The molecule has 1 nitrogen and oxygen atoms in total. The van der Waals surface area contributed by atoms with Crippen molar-refractivity contribution >= 4 is 33.3 Å². The zero-order chi connectivity index (χ0) is 14.0. The number of carbonyl (C=O) groups excluding carboxylic acids is 1. The molecule has 19 heavy (non-hydrogen) atoms. The Morgan fingerprint density at radius 2 is 1.79 bits per heavy atom. The average Bonchev–Trinajstić information content (AvgIpc) is 2.37.